The monoisotopic (exact) mass is 368 g/mol. The Bertz CT molecular complexity index is 585. The molecule has 0 aliphatic carbocycles. The number of primary amides is 1. The Balaban J connectivity index is 3.12. The molecule has 1 rings (SSSR count). The Kier molecular flexibility index (Phi) is 6.17. The van der Waals surface area contributed by atoms with Gasteiger partial charge in [0.25, 0.3) is 0 Å². The largest absolute Gasteiger partial charge is 0.465 e. The fourth-order valence-corrected chi connectivity index (χ4v) is 3.00. The quantitative estimate of drug-likeness (QED) is 0.641. The van der Waals surface area contributed by atoms with Crippen molar-refractivity contribution in [1.82, 2.24) is 5.32 Å². The molecular weight excluding hydrogens is 348 g/mol. The summed E-state index contributed by atoms with van der Waals surface area (Å²) in [6, 6.07) is 5.33. The highest BCUT2D eigenvalue weighted by atomic mass is 79.9. The van der Waals surface area contributed by atoms with Gasteiger partial charge in [-0.15, -0.1) is 6.58 Å². The van der Waals surface area contributed by atoms with Gasteiger partial charge in [-0.05, 0) is 56.4 Å². The van der Waals surface area contributed by atoms with E-state index in [1.54, 1.807) is 18.2 Å². The Morgan fingerprint density at radius 2 is 2.09 bits per heavy atom. The molecule has 22 heavy (non-hydrogen) atoms. The number of carbonyl (C=O) groups is 2. The van der Waals surface area contributed by atoms with Crippen molar-refractivity contribution >= 4 is 27.9 Å². The third-order valence-electron chi connectivity index (χ3n) is 3.33. The summed E-state index contributed by atoms with van der Waals surface area (Å²) >= 11 is 3.38. The molecule has 1 aromatic rings. The molecule has 1 aromatic carbocycles. The van der Waals surface area contributed by atoms with Crippen molar-refractivity contribution in [3.63, 3.8) is 0 Å². The highest BCUT2D eigenvalue weighted by Gasteiger charge is 2.26. The SMILES string of the molecule is C=CC[C@@H](CC(C)(C)NC(=O)O)c1cc(Br)cc(C(N)=O)c1. The summed E-state index contributed by atoms with van der Waals surface area (Å²) in [5.74, 6) is -0.474. The minimum absolute atomic E-state index is 0.0231. The average molecular weight is 369 g/mol. The highest BCUT2D eigenvalue weighted by Crippen LogP contribution is 2.32. The standard InChI is InChI=1S/C16H21BrN2O3/c1-4-5-10(9-16(2,3)19-15(21)22)11-6-12(14(18)20)8-13(17)7-11/h4,6-8,10,19H,1,5,9H2,2-3H3,(H2,18,20)(H,21,22)/t10-/m0/s1. The number of carbonyl (C=O) groups excluding carboxylic acids is 1. The van der Waals surface area contributed by atoms with Crippen LogP contribution in [0.25, 0.3) is 0 Å². The van der Waals surface area contributed by atoms with Crippen LogP contribution < -0.4 is 11.1 Å². The van der Waals surface area contributed by atoms with Gasteiger partial charge in [-0.25, -0.2) is 4.79 Å². The van der Waals surface area contributed by atoms with Crippen molar-refractivity contribution in [3.05, 3.63) is 46.5 Å². The van der Waals surface area contributed by atoms with E-state index in [-0.39, 0.29) is 5.92 Å². The van der Waals surface area contributed by atoms with E-state index < -0.39 is 17.5 Å². The number of carboxylic acid groups (broad SMARTS) is 1. The van der Waals surface area contributed by atoms with E-state index in [0.717, 1.165) is 10.0 Å². The number of benzene rings is 1. The van der Waals surface area contributed by atoms with Crippen LogP contribution in [0.4, 0.5) is 4.79 Å². The number of nitrogens with one attached hydrogen (secondary N) is 1. The van der Waals surface area contributed by atoms with E-state index in [1.165, 1.54) is 0 Å². The minimum Gasteiger partial charge on any atom is -0.465 e. The van der Waals surface area contributed by atoms with Crippen molar-refractivity contribution < 1.29 is 14.7 Å². The molecule has 0 aliphatic heterocycles. The van der Waals surface area contributed by atoms with Gasteiger partial charge in [0.15, 0.2) is 0 Å². The average Bonchev–Trinajstić information content (AvgIpc) is 2.35. The number of hydrogen-bond acceptors (Lipinski definition) is 2. The van der Waals surface area contributed by atoms with Crippen molar-refractivity contribution in [1.29, 1.82) is 0 Å². The van der Waals surface area contributed by atoms with Crippen LogP contribution in [-0.2, 0) is 0 Å². The Morgan fingerprint density at radius 3 is 2.59 bits per heavy atom. The molecule has 0 saturated carbocycles. The first-order chi connectivity index (χ1) is 10.1. The van der Waals surface area contributed by atoms with E-state index in [4.69, 9.17) is 10.8 Å². The number of nitrogens with two attached hydrogens (primary N) is 1. The third-order valence-corrected chi connectivity index (χ3v) is 3.79. The molecule has 1 atom stereocenters. The van der Waals surface area contributed by atoms with Gasteiger partial charge in [-0.3, -0.25) is 4.79 Å². The van der Waals surface area contributed by atoms with E-state index in [9.17, 15) is 9.59 Å². The van der Waals surface area contributed by atoms with Gasteiger partial charge < -0.3 is 16.2 Å². The molecule has 0 fully saturated rings. The van der Waals surface area contributed by atoms with Crippen molar-refractivity contribution in [2.24, 2.45) is 5.73 Å². The Hall–Kier alpha value is -1.82. The van der Waals surface area contributed by atoms with E-state index in [2.05, 4.69) is 27.8 Å². The van der Waals surface area contributed by atoms with Gasteiger partial charge in [0.1, 0.15) is 0 Å². The molecule has 0 aromatic heterocycles. The molecule has 6 heteroatoms. The summed E-state index contributed by atoms with van der Waals surface area (Å²) in [7, 11) is 0. The van der Waals surface area contributed by atoms with Crippen LogP contribution in [0.15, 0.2) is 35.3 Å². The summed E-state index contributed by atoms with van der Waals surface area (Å²) in [6.45, 7) is 7.40. The zero-order chi connectivity index (χ0) is 16.9. The summed E-state index contributed by atoms with van der Waals surface area (Å²) in [5.41, 5.74) is 6.09. The smallest absolute Gasteiger partial charge is 0.405 e. The predicted molar refractivity (Wildman–Crippen MR) is 90.1 cm³/mol. The van der Waals surface area contributed by atoms with Crippen LogP contribution in [0.1, 0.15) is 48.5 Å². The fraction of sp³-hybridized carbons (Fsp3) is 0.375. The second-order valence-electron chi connectivity index (χ2n) is 5.88. The maximum absolute atomic E-state index is 11.4. The molecular formula is C16H21BrN2O3. The number of hydrogen-bond donors (Lipinski definition) is 3. The number of rotatable bonds is 7. The van der Waals surface area contributed by atoms with E-state index in [1.807, 2.05) is 19.9 Å². The second-order valence-corrected chi connectivity index (χ2v) is 6.79. The van der Waals surface area contributed by atoms with Crippen LogP contribution in [-0.4, -0.2) is 22.6 Å². The number of halogens is 1. The Labute approximate surface area is 138 Å². The van der Waals surface area contributed by atoms with Gasteiger partial charge in [0, 0.05) is 15.6 Å². The molecule has 0 radical (unpaired) electrons. The van der Waals surface area contributed by atoms with Crippen LogP contribution in [0.5, 0.6) is 0 Å². The highest BCUT2D eigenvalue weighted by molar-refractivity contribution is 9.10. The molecule has 0 saturated heterocycles. The van der Waals surface area contributed by atoms with Crippen molar-refractivity contribution in [2.75, 3.05) is 0 Å². The second kappa shape index (κ2) is 7.45. The maximum Gasteiger partial charge on any atom is 0.405 e. The van der Waals surface area contributed by atoms with Gasteiger partial charge in [-0.1, -0.05) is 22.0 Å². The summed E-state index contributed by atoms with van der Waals surface area (Å²) in [5, 5.41) is 11.4. The lowest BCUT2D eigenvalue weighted by Crippen LogP contribution is -2.43. The minimum atomic E-state index is -1.06. The van der Waals surface area contributed by atoms with Crippen molar-refractivity contribution in [3.8, 4) is 0 Å². The van der Waals surface area contributed by atoms with Gasteiger partial charge in [0.2, 0.25) is 5.91 Å². The maximum atomic E-state index is 11.4. The molecule has 0 aliphatic rings. The van der Waals surface area contributed by atoms with Crippen molar-refractivity contribution in [2.45, 2.75) is 38.1 Å². The number of amides is 2. The number of allylic oxidation sites excluding steroid dienone is 1. The first-order valence-electron chi connectivity index (χ1n) is 6.87. The summed E-state index contributed by atoms with van der Waals surface area (Å²) in [6.07, 6.45) is 1.96. The van der Waals surface area contributed by atoms with E-state index in [0.29, 0.717) is 18.4 Å². The third kappa shape index (κ3) is 5.52. The molecule has 120 valence electrons. The molecule has 0 heterocycles. The normalized spacial score (nSPS) is 12.5. The first kappa shape index (κ1) is 18.2. The van der Waals surface area contributed by atoms with E-state index >= 15 is 0 Å². The van der Waals surface area contributed by atoms with Crippen LogP contribution in [0.2, 0.25) is 0 Å². The zero-order valence-electron chi connectivity index (χ0n) is 12.7. The van der Waals surface area contributed by atoms with Gasteiger partial charge in [0.05, 0.1) is 0 Å². The van der Waals surface area contributed by atoms with Crippen LogP contribution in [0.3, 0.4) is 0 Å². The lowest BCUT2D eigenvalue weighted by atomic mass is 9.83. The molecule has 0 bridgehead atoms. The van der Waals surface area contributed by atoms with Crippen LogP contribution in [0, 0.1) is 0 Å². The van der Waals surface area contributed by atoms with Gasteiger partial charge in [-0.2, -0.15) is 0 Å². The topological polar surface area (TPSA) is 92.4 Å². The molecule has 0 unspecified atom stereocenters. The van der Waals surface area contributed by atoms with Gasteiger partial charge >= 0.3 is 6.09 Å². The molecule has 5 nitrogen and oxygen atoms in total. The lowest BCUT2D eigenvalue weighted by molar-refractivity contribution is 0.1000. The summed E-state index contributed by atoms with van der Waals surface area (Å²) in [4.78, 5) is 22.3. The fourth-order valence-electron chi connectivity index (χ4n) is 2.49. The van der Waals surface area contributed by atoms with Crippen LogP contribution >= 0.6 is 15.9 Å². The zero-order valence-corrected chi connectivity index (χ0v) is 14.3. The first-order valence-corrected chi connectivity index (χ1v) is 7.66. The predicted octanol–water partition coefficient (Wildman–Crippen LogP) is 3.64. The molecule has 4 N–H and O–H groups in total. The molecule has 0 spiro atoms. The lowest BCUT2D eigenvalue weighted by Gasteiger charge is -2.30. The Morgan fingerprint density at radius 1 is 1.45 bits per heavy atom. The molecule has 2 amide bonds. The summed E-state index contributed by atoms with van der Waals surface area (Å²) < 4.78 is 0.761.